The minimum Gasteiger partial charge on any atom is -0.301 e. The van der Waals surface area contributed by atoms with Crippen LogP contribution in [0.5, 0.6) is 0 Å². The maximum Gasteiger partial charge on any atom is 0.0738 e. The summed E-state index contributed by atoms with van der Waals surface area (Å²) < 4.78 is 0. The summed E-state index contributed by atoms with van der Waals surface area (Å²) in [6, 6.07) is 11.2. The van der Waals surface area contributed by atoms with Gasteiger partial charge in [-0.05, 0) is 11.0 Å². The summed E-state index contributed by atoms with van der Waals surface area (Å²) in [5, 5.41) is 0. The molecule has 3 rings (SSSR count). The predicted octanol–water partition coefficient (Wildman–Crippen LogP) is 2.05. The number of hydrogen-bond acceptors (Lipinski definition) is 3. The van der Waals surface area contributed by atoms with Gasteiger partial charge in [0.2, 0.25) is 0 Å². The molecule has 0 saturated carbocycles. The molecular weight excluding hydrogens is 224 g/mol. The highest BCUT2D eigenvalue weighted by molar-refractivity contribution is 5.15. The summed E-state index contributed by atoms with van der Waals surface area (Å²) in [6.45, 7) is 8.83. The zero-order chi connectivity index (χ0) is 12.6. The highest BCUT2D eigenvalue weighted by Crippen LogP contribution is 2.36. The second-order valence-corrected chi connectivity index (χ2v) is 6.31. The normalized spacial score (nSPS) is 31.2. The molecule has 3 heteroatoms. The van der Waals surface area contributed by atoms with E-state index in [-0.39, 0.29) is 5.41 Å². The van der Waals surface area contributed by atoms with Crippen LogP contribution in [0, 0.1) is 11.3 Å². The smallest absolute Gasteiger partial charge is 0.0738 e. The molecule has 0 radical (unpaired) electrons. The molecule has 2 atom stereocenters. The number of nitrogens with one attached hydrogen (secondary N) is 1. The van der Waals surface area contributed by atoms with E-state index in [0.717, 1.165) is 26.2 Å². The Kier molecular flexibility index (Phi) is 3.14. The van der Waals surface area contributed by atoms with Crippen molar-refractivity contribution in [1.82, 2.24) is 10.4 Å². The lowest BCUT2D eigenvalue weighted by Crippen LogP contribution is -2.55. The third-order valence-electron chi connectivity index (χ3n) is 4.19. The molecule has 1 N–H and O–H groups in total. The van der Waals surface area contributed by atoms with Crippen LogP contribution in [-0.4, -0.2) is 30.6 Å². The van der Waals surface area contributed by atoms with Crippen LogP contribution in [0.2, 0.25) is 0 Å². The molecule has 2 aliphatic heterocycles. The molecule has 2 saturated heterocycles. The highest BCUT2D eigenvalue weighted by Gasteiger charge is 2.45. The molecule has 2 aliphatic rings. The topological polar surface area (TPSA) is 24.5 Å². The van der Waals surface area contributed by atoms with E-state index < -0.39 is 0 Å². The summed E-state index contributed by atoms with van der Waals surface area (Å²) in [5.41, 5.74) is 4.88. The van der Waals surface area contributed by atoms with Crippen LogP contribution >= 0.6 is 0 Å². The first kappa shape index (κ1) is 12.2. The second-order valence-electron chi connectivity index (χ2n) is 6.31. The van der Waals surface area contributed by atoms with Crippen molar-refractivity contribution in [2.75, 3.05) is 19.7 Å². The van der Waals surface area contributed by atoms with Gasteiger partial charge in [0.05, 0.1) is 6.61 Å². The van der Waals surface area contributed by atoms with Crippen LogP contribution in [0.1, 0.15) is 19.4 Å². The van der Waals surface area contributed by atoms with E-state index in [2.05, 4.69) is 54.6 Å². The first-order valence-corrected chi connectivity index (χ1v) is 6.79. The molecule has 0 aromatic heterocycles. The number of fused-ring (bicyclic) bond motifs is 1. The number of nitrogens with zero attached hydrogens (tertiary/aromatic N) is 1. The molecule has 98 valence electrons. The average molecular weight is 246 g/mol. The van der Waals surface area contributed by atoms with Gasteiger partial charge in [-0.25, -0.2) is 0 Å². The molecule has 0 amide bonds. The molecule has 0 aliphatic carbocycles. The third kappa shape index (κ3) is 2.30. The van der Waals surface area contributed by atoms with E-state index in [9.17, 15) is 0 Å². The van der Waals surface area contributed by atoms with E-state index in [1.807, 2.05) is 0 Å². The van der Waals surface area contributed by atoms with Gasteiger partial charge in [0, 0.05) is 31.6 Å². The summed E-state index contributed by atoms with van der Waals surface area (Å²) in [4.78, 5) is 8.01. The molecule has 18 heavy (non-hydrogen) atoms. The maximum absolute atomic E-state index is 5.45. The van der Waals surface area contributed by atoms with Crippen molar-refractivity contribution in [1.29, 1.82) is 0 Å². The fraction of sp³-hybridized carbons (Fsp3) is 0.600. The van der Waals surface area contributed by atoms with Crippen LogP contribution in [0.25, 0.3) is 0 Å². The van der Waals surface area contributed by atoms with Crippen molar-refractivity contribution in [2.45, 2.75) is 26.4 Å². The van der Waals surface area contributed by atoms with Crippen molar-refractivity contribution in [3.8, 4) is 0 Å². The van der Waals surface area contributed by atoms with E-state index >= 15 is 0 Å². The molecular formula is C15H22N2O. The minimum atomic E-state index is 0.272. The van der Waals surface area contributed by atoms with Gasteiger partial charge in [0.25, 0.3) is 0 Å². The Bertz CT molecular complexity index is 404. The number of benzene rings is 1. The lowest BCUT2D eigenvalue weighted by Gasteiger charge is -2.45. The van der Waals surface area contributed by atoms with Gasteiger partial charge >= 0.3 is 0 Å². The van der Waals surface area contributed by atoms with Crippen molar-refractivity contribution >= 4 is 0 Å². The largest absolute Gasteiger partial charge is 0.301 e. The maximum atomic E-state index is 5.45. The van der Waals surface area contributed by atoms with Crippen molar-refractivity contribution in [2.24, 2.45) is 11.3 Å². The summed E-state index contributed by atoms with van der Waals surface area (Å²) >= 11 is 0. The molecule has 0 bridgehead atoms. The van der Waals surface area contributed by atoms with E-state index in [1.165, 1.54) is 5.56 Å². The third-order valence-corrected chi connectivity index (χ3v) is 4.19. The fourth-order valence-corrected chi connectivity index (χ4v) is 3.43. The Hall–Kier alpha value is -0.900. The Balaban J connectivity index is 1.71. The second kappa shape index (κ2) is 4.65. The van der Waals surface area contributed by atoms with Crippen LogP contribution in [0.15, 0.2) is 30.3 Å². The molecule has 0 spiro atoms. The Morgan fingerprint density at radius 1 is 1.33 bits per heavy atom. The number of hydrogen-bond donors (Lipinski definition) is 1. The number of piperidine rings is 1. The molecule has 2 heterocycles. The molecule has 0 unspecified atom stereocenters. The van der Waals surface area contributed by atoms with Crippen LogP contribution < -0.4 is 5.48 Å². The number of rotatable bonds is 2. The lowest BCUT2D eigenvalue weighted by atomic mass is 9.74. The Morgan fingerprint density at radius 3 is 2.89 bits per heavy atom. The summed E-state index contributed by atoms with van der Waals surface area (Å²) in [6.07, 6.45) is 0. The SMILES string of the molecule is CC1(C)CN(Cc2ccccc2)C[C@H]2CON[C@H]21. The van der Waals surface area contributed by atoms with Crippen LogP contribution in [-0.2, 0) is 11.4 Å². The van der Waals surface area contributed by atoms with Gasteiger partial charge in [0.1, 0.15) is 0 Å². The summed E-state index contributed by atoms with van der Waals surface area (Å²) in [7, 11) is 0. The molecule has 1 aromatic carbocycles. The summed E-state index contributed by atoms with van der Waals surface area (Å²) in [5.74, 6) is 0.623. The molecule has 1 aromatic rings. The van der Waals surface area contributed by atoms with E-state index in [4.69, 9.17) is 4.84 Å². The van der Waals surface area contributed by atoms with Crippen molar-refractivity contribution in [3.63, 3.8) is 0 Å². The zero-order valence-corrected chi connectivity index (χ0v) is 11.2. The van der Waals surface area contributed by atoms with Crippen LogP contribution in [0.3, 0.4) is 0 Å². The quantitative estimate of drug-likeness (QED) is 0.864. The first-order chi connectivity index (χ1) is 8.65. The molecule has 3 nitrogen and oxygen atoms in total. The van der Waals surface area contributed by atoms with Gasteiger partial charge in [-0.15, -0.1) is 0 Å². The lowest BCUT2D eigenvalue weighted by molar-refractivity contribution is 0.0312. The van der Waals surface area contributed by atoms with E-state index in [1.54, 1.807) is 0 Å². The minimum absolute atomic E-state index is 0.272. The van der Waals surface area contributed by atoms with Gasteiger partial charge in [-0.3, -0.25) is 4.90 Å². The van der Waals surface area contributed by atoms with Crippen molar-refractivity contribution in [3.05, 3.63) is 35.9 Å². The number of hydroxylamine groups is 1. The van der Waals surface area contributed by atoms with Crippen molar-refractivity contribution < 1.29 is 4.84 Å². The Labute approximate surface area is 109 Å². The molecule has 2 fully saturated rings. The highest BCUT2D eigenvalue weighted by atomic mass is 16.7. The van der Waals surface area contributed by atoms with Gasteiger partial charge in [-0.1, -0.05) is 44.2 Å². The standard InChI is InChI=1S/C15H22N2O/c1-15(2)11-17(8-12-6-4-3-5-7-12)9-13-10-18-16-14(13)15/h3-7,13-14,16H,8-11H2,1-2H3/t13-,14+/m0/s1. The first-order valence-electron chi connectivity index (χ1n) is 6.79. The monoisotopic (exact) mass is 246 g/mol. The number of likely N-dealkylation sites (tertiary alicyclic amines) is 1. The van der Waals surface area contributed by atoms with Gasteiger partial charge in [0.15, 0.2) is 0 Å². The predicted molar refractivity (Wildman–Crippen MR) is 71.9 cm³/mol. The van der Waals surface area contributed by atoms with Crippen LogP contribution in [0.4, 0.5) is 0 Å². The van der Waals surface area contributed by atoms with Gasteiger partial charge < -0.3 is 4.84 Å². The average Bonchev–Trinajstić information content (AvgIpc) is 2.78. The zero-order valence-electron chi connectivity index (χ0n) is 11.2. The van der Waals surface area contributed by atoms with E-state index in [0.29, 0.717) is 12.0 Å². The van der Waals surface area contributed by atoms with Gasteiger partial charge in [-0.2, -0.15) is 5.48 Å². The fourth-order valence-electron chi connectivity index (χ4n) is 3.43. The Morgan fingerprint density at radius 2 is 2.11 bits per heavy atom.